The molecule has 1 aliphatic rings. The van der Waals surface area contributed by atoms with E-state index < -0.39 is 100 Å². The number of likely N-dealkylation sites (N-methyl/N-ethyl adjacent to an activating group) is 1. The zero-order chi connectivity index (χ0) is 44.8. The highest BCUT2D eigenvalue weighted by atomic mass is 16.7. The smallest absolute Gasteiger partial charge is 0.313 e. The quantitative estimate of drug-likeness (QED) is 0.129. The second-order valence-corrected chi connectivity index (χ2v) is 19.0. The lowest BCUT2D eigenvalue weighted by Gasteiger charge is -2.53. The fourth-order valence-corrected chi connectivity index (χ4v) is 6.57. The zero-order valence-electron chi connectivity index (χ0n) is 38.3. The van der Waals surface area contributed by atoms with Crippen LogP contribution in [0.25, 0.3) is 0 Å². The third-order valence-electron chi connectivity index (χ3n) is 10.3. The van der Waals surface area contributed by atoms with Gasteiger partial charge in [0.1, 0.15) is 12.7 Å². The molecule has 1 aliphatic heterocycles. The fourth-order valence-electron chi connectivity index (χ4n) is 6.57. The summed E-state index contributed by atoms with van der Waals surface area (Å²) in [5.74, 6) is -2.22. The summed E-state index contributed by atoms with van der Waals surface area (Å²) in [5.41, 5.74) is -4.69. The van der Waals surface area contributed by atoms with E-state index in [-0.39, 0.29) is 6.54 Å². The molecule has 0 saturated carbocycles. The number of nitrogens with zero attached hydrogens (tertiary/aromatic N) is 1. The topological polar surface area (TPSA) is 162 Å². The molecule has 0 aromatic heterocycles. The van der Waals surface area contributed by atoms with Crippen LogP contribution in [-0.4, -0.2) is 99.9 Å². The number of benzene rings is 1. The number of methoxy groups -OCH3 is 3. The first kappa shape index (κ1) is 50.2. The molecule has 1 heterocycles. The number of esters is 5. The zero-order valence-corrected chi connectivity index (χ0v) is 38.3. The molecular weight excluding hydrogens is 750 g/mol. The largest absolute Gasteiger partial charge is 0.493 e. The molecule has 58 heavy (non-hydrogen) atoms. The van der Waals surface area contributed by atoms with Gasteiger partial charge in [-0.3, -0.25) is 28.9 Å². The van der Waals surface area contributed by atoms with Crippen molar-refractivity contribution in [3.8, 4) is 11.5 Å². The Kier molecular flexibility index (Phi) is 16.8. The molecule has 0 spiro atoms. The second-order valence-electron chi connectivity index (χ2n) is 19.0. The summed E-state index contributed by atoms with van der Waals surface area (Å²) in [6.07, 6.45) is -6.36. The summed E-state index contributed by atoms with van der Waals surface area (Å²) < 4.78 is 48.5. The van der Waals surface area contributed by atoms with Crippen molar-refractivity contribution in [3.63, 3.8) is 0 Å². The molecule has 1 aromatic carbocycles. The van der Waals surface area contributed by atoms with E-state index in [1.165, 1.54) is 21.3 Å². The molecule has 0 radical (unpaired) electrons. The van der Waals surface area contributed by atoms with E-state index in [0.717, 1.165) is 0 Å². The molecule has 1 saturated heterocycles. The molecule has 1 aromatic rings. The lowest BCUT2D eigenvalue weighted by atomic mass is 9.71. The Bertz CT molecular complexity index is 1590. The van der Waals surface area contributed by atoms with E-state index >= 15 is 0 Å². The highest BCUT2D eigenvalue weighted by Crippen LogP contribution is 2.49. The maximum atomic E-state index is 14.2. The van der Waals surface area contributed by atoms with E-state index in [2.05, 4.69) is 0 Å². The van der Waals surface area contributed by atoms with Crippen molar-refractivity contribution < 1.29 is 61.9 Å². The molecular formula is C44H71NO13. The predicted octanol–water partition coefficient (Wildman–Crippen LogP) is 7.23. The van der Waals surface area contributed by atoms with E-state index in [0.29, 0.717) is 29.9 Å². The van der Waals surface area contributed by atoms with Crippen LogP contribution in [0.5, 0.6) is 11.5 Å². The molecule has 0 bridgehead atoms. The van der Waals surface area contributed by atoms with Gasteiger partial charge in [-0.05, 0) is 120 Å². The van der Waals surface area contributed by atoms with Crippen molar-refractivity contribution in [1.82, 2.24) is 4.90 Å². The number of hydrogen-bond acceptors (Lipinski definition) is 14. The Morgan fingerprint density at radius 2 is 1.07 bits per heavy atom. The maximum absolute atomic E-state index is 14.2. The Labute approximate surface area is 346 Å². The van der Waals surface area contributed by atoms with Crippen LogP contribution in [0.2, 0.25) is 0 Å². The van der Waals surface area contributed by atoms with Gasteiger partial charge in [0, 0.05) is 0 Å². The first-order valence-corrected chi connectivity index (χ1v) is 20.1. The number of rotatable bonds is 15. The van der Waals surface area contributed by atoms with Crippen LogP contribution in [0.15, 0.2) is 18.2 Å². The lowest BCUT2D eigenvalue weighted by Crippen LogP contribution is -2.68. The minimum atomic E-state index is -1.49. The van der Waals surface area contributed by atoms with Crippen LogP contribution in [0.4, 0.5) is 0 Å². The molecule has 2 rings (SSSR count). The predicted molar refractivity (Wildman–Crippen MR) is 217 cm³/mol. The molecule has 330 valence electrons. The van der Waals surface area contributed by atoms with Crippen LogP contribution in [0, 0.1) is 27.1 Å². The molecule has 1 fully saturated rings. The van der Waals surface area contributed by atoms with Gasteiger partial charge in [0.15, 0.2) is 36.0 Å². The number of carbonyl (C=O) groups excluding carboxylic acids is 5. The fraction of sp³-hybridized carbons (Fsp3) is 0.750. The average Bonchev–Trinajstić information content (AvgIpc) is 3.13. The van der Waals surface area contributed by atoms with Crippen molar-refractivity contribution in [3.05, 3.63) is 23.8 Å². The van der Waals surface area contributed by atoms with Gasteiger partial charge < -0.3 is 37.9 Å². The second kappa shape index (κ2) is 19.4. The molecule has 0 amide bonds. The van der Waals surface area contributed by atoms with Crippen LogP contribution >= 0.6 is 0 Å². The van der Waals surface area contributed by atoms with E-state index in [1.54, 1.807) is 95.2 Å². The standard InChI is InChI=1S/C44H71NO13/c1-19-44(20-2,39(50)53-18)33(26-22-23-27(51-16)28(24-26)52-17)45(21-3)34-32(58-38(49)43(13,14)15)31(57-37(48)42(10,11)12)30(56-36(47)41(7,8)9)29(55-34)25-54-35(46)40(4,5)6/h22-24,29-34H,19-21,25H2,1-18H3/t29-,30+,31+,32-,33+,34-/m1/s1. The summed E-state index contributed by atoms with van der Waals surface area (Å²) >= 11 is 0. The lowest BCUT2D eigenvalue weighted by molar-refractivity contribution is -0.291. The Hall–Kier alpha value is -3.91. The SMILES string of the molecule is CCN([C@@H]1O[C@H](COC(=O)C(C)(C)C)[C@H](OC(=O)C(C)(C)C)[C@H](OC(=O)C(C)(C)C)[C@H]1OC(=O)C(C)(C)C)[C@@H](c1ccc(OC)c(OC)c1)C(CC)(CC)C(=O)OC. The third-order valence-corrected chi connectivity index (χ3v) is 10.3. The van der Waals surface area contributed by atoms with E-state index in [4.69, 9.17) is 37.9 Å². The minimum Gasteiger partial charge on any atom is -0.493 e. The molecule has 14 heteroatoms. The van der Waals surface area contributed by atoms with Gasteiger partial charge in [-0.25, -0.2) is 0 Å². The molecule has 0 N–H and O–H groups in total. The normalized spacial score (nSPS) is 21.1. The van der Waals surface area contributed by atoms with Gasteiger partial charge in [0.2, 0.25) is 0 Å². The third kappa shape index (κ3) is 11.6. The maximum Gasteiger partial charge on any atom is 0.313 e. The average molecular weight is 822 g/mol. The van der Waals surface area contributed by atoms with E-state index in [1.807, 2.05) is 31.7 Å². The minimum absolute atomic E-state index is 0.173. The number of ether oxygens (including phenoxy) is 8. The van der Waals surface area contributed by atoms with Crippen molar-refractivity contribution in [2.45, 2.75) is 153 Å². The first-order valence-electron chi connectivity index (χ1n) is 20.1. The summed E-state index contributed by atoms with van der Waals surface area (Å²) in [6.45, 7) is 25.5. The summed E-state index contributed by atoms with van der Waals surface area (Å²) in [4.78, 5) is 71.1. The van der Waals surface area contributed by atoms with Gasteiger partial charge >= 0.3 is 29.8 Å². The highest BCUT2D eigenvalue weighted by Gasteiger charge is 2.59. The van der Waals surface area contributed by atoms with E-state index in [9.17, 15) is 24.0 Å². The van der Waals surface area contributed by atoms with Crippen molar-refractivity contribution in [2.24, 2.45) is 27.1 Å². The Morgan fingerprint density at radius 3 is 1.47 bits per heavy atom. The monoisotopic (exact) mass is 821 g/mol. The van der Waals surface area contributed by atoms with Crippen molar-refractivity contribution in [2.75, 3.05) is 34.5 Å². The first-order chi connectivity index (χ1) is 26.6. The van der Waals surface area contributed by atoms with Crippen molar-refractivity contribution >= 4 is 29.8 Å². The van der Waals surface area contributed by atoms with Gasteiger partial charge in [-0.1, -0.05) is 26.8 Å². The summed E-state index contributed by atoms with van der Waals surface area (Å²) in [7, 11) is 4.35. The van der Waals surface area contributed by atoms with Crippen molar-refractivity contribution in [1.29, 1.82) is 0 Å². The Balaban J connectivity index is 3.20. The molecule has 0 aliphatic carbocycles. The molecule has 14 nitrogen and oxygen atoms in total. The van der Waals surface area contributed by atoms with Gasteiger partial charge in [-0.15, -0.1) is 0 Å². The highest BCUT2D eigenvalue weighted by molar-refractivity contribution is 5.79. The summed E-state index contributed by atoms with van der Waals surface area (Å²) in [6, 6.07) is 4.43. The van der Waals surface area contributed by atoms with Crippen LogP contribution in [0.1, 0.15) is 128 Å². The number of carbonyl (C=O) groups is 5. The van der Waals surface area contributed by atoms with Gasteiger partial charge in [0.25, 0.3) is 0 Å². The van der Waals surface area contributed by atoms with Gasteiger partial charge in [-0.2, -0.15) is 0 Å². The van der Waals surface area contributed by atoms with Gasteiger partial charge in [0.05, 0.1) is 54.4 Å². The number of hydrogen-bond donors (Lipinski definition) is 0. The van der Waals surface area contributed by atoms with Crippen LogP contribution in [-0.2, 0) is 52.4 Å². The summed E-state index contributed by atoms with van der Waals surface area (Å²) in [5, 5.41) is 0. The van der Waals surface area contributed by atoms with Crippen LogP contribution in [0.3, 0.4) is 0 Å². The van der Waals surface area contributed by atoms with Crippen LogP contribution < -0.4 is 9.47 Å². The Morgan fingerprint density at radius 1 is 0.621 bits per heavy atom. The molecule has 0 unspecified atom stereocenters. The molecule has 6 atom stereocenters.